The van der Waals surface area contributed by atoms with Crippen molar-refractivity contribution in [3.05, 3.63) is 30.3 Å². The first kappa shape index (κ1) is 11.4. The molecule has 0 saturated heterocycles. The summed E-state index contributed by atoms with van der Waals surface area (Å²) in [7, 11) is -1.08. The highest BCUT2D eigenvalue weighted by molar-refractivity contribution is 7.85. The molecule has 2 N–H and O–H groups in total. The average molecular weight is 214 g/mol. The van der Waals surface area contributed by atoms with Crippen molar-refractivity contribution in [2.45, 2.75) is 17.4 Å². The number of benzene rings is 1. The zero-order valence-corrected chi connectivity index (χ0v) is 8.61. The lowest BCUT2D eigenvalue weighted by Gasteiger charge is -2.06. The quantitative estimate of drug-likeness (QED) is 0.752. The fourth-order valence-electron chi connectivity index (χ4n) is 1.02. The zero-order chi connectivity index (χ0) is 10.4. The van der Waals surface area contributed by atoms with Crippen molar-refractivity contribution in [1.82, 2.24) is 0 Å². The fourth-order valence-corrected chi connectivity index (χ4v) is 2.21. The second-order valence-electron chi connectivity index (χ2n) is 2.99. The van der Waals surface area contributed by atoms with Crippen LogP contribution < -0.4 is 0 Å². The smallest absolute Gasteiger partial charge is 0.0779 e. The van der Waals surface area contributed by atoms with Gasteiger partial charge in [0.2, 0.25) is 0 Å². The fraction of sp³-hybridized carbons (Fsp3) is 0.400. The third kappa shape index (κ3) is 3.57. The van der Waals surface area contributed by atoms with E-state index in [4.69, 9.17) is 10.2 Å². The molecule has 2 unspecified atom stereocenters. The van der Waals surface area contributed by atoms with Crippen LogP contribution in [0.25, 0.3) is 0 Å². The Kier molecular flexibility index (Phi) is 4.79. The number of hydrogen-bond acceptors (Lipinski definition) is 3. The normalized spacial score (nSPS) is 15.0. The largest absolute Gasteiger partial charge is 0.394 e. The third-order valence-electron chi connectivity index (χ3n) is 1.85. The third-order valence-corrected chi connectivity index (χ3v) is 3.26. The first-order valence-electron chi connectivity index (χ1n) is 4.46. The van der Waals surface area contributed by atoms with Gasteiger partial charge in [-0.05, 0) is 18.6 Å². The molecule has 14 heavy (non-hydrogen) atoms. The van der Waals surface area contributed by atoms with Crippen LogP contribution in [0.15, 0.2) is 35.2 Å². The highest BCUT2D eigenvalue weighted by atomic mass is 32.2. The minimum atomic E-state index is -1.08. The molecule has 0 aliphatic carbocycles. The Morgan fingerprint density at radius 1 is 1.29 bits per heavy atom. The lowest BCUT2D eigenvalue weighted by atomic mass is 10.3. The molecule has 78 valence electrons. The van der Waals surface area contributed by atoms with E-state index in [0.717, 1.165) is 4.90 Å². The van der Waals surface area contributed by atoms with Gasteiger partial charge in [-0.1, -0.05) is 18.2 Å². The summed E-state index contributed by atoms with van der Waals surface area (Å²) in [5, 5.41) is 17.6. The van der Waals surface area contributed by atoms with Gasteiger partial charge >= 0.3 is 0 Å². The summed E-state index contributed by atoms with van der Waals surface area (Å²) in [6, 6.07) is 9.11. The van der Waals surface area contributed by atoms with Crippen molar-refractivity contribution in [1.29, 1.82) is 0 Å². The van der Waals surface area contributed by atoms with E-state index in [-0.39, 0.29) is 6.61 Å². The maximum Gasteiger partial charge on any atom is 0.0779 e. The summed E-state index contributed by atoms with van der Waals surface area (Å²) >= 11 is 0. The summed E-state index contributed by atoms with van der Waals surface area (Å²) < 4.78 is 11.6. The molecular weight excluding hydrogens is 200 g/mol. The van der Waals surface area contributed by atoms with Gasteiger partial charge in [-0.15, -0.1) is 0 Å². The van der Waals surface area contributed by atoms with E-state index in [1.165, 1.54) is 0 Å². The Hall–Kier alpha value is -0.710. The molecule has 1 aromatic rings. The van der Waals surface area contributed by atoms with Crippen LogP contribution in [0, 0.1) is 0 Å². The first-order chi connectivity index (χ1) is 6.74. The van der Waals surface area contributed by atoms with Gasteiger partial charge in [0.15, 0.2) is 0 Å². The highest BCUT2D eigenvalue weighted by Gasteiger charge is 2.07. The second-order valence-corrected chi connectivity index (χ2v) is 4.56. The molecule has 0 aromatic heterocycles. The lowest BCUT2D eigenvalue weighted by molar-refractivity contribution is 0.0930. The number of aliphatic hydroxyl groups is 2. The van der Waals surface area contributed by atoms with E-state index in [1.807, 2.05) is 18.2 Å². The summed E-state index contributed by atoms with van der Waals surface area (Å²) in [5.74, 6) is 0.381. The first-order valence-corrected chi connectivity index (χ1v) is 5.78. The van der Waals surface area contributed by atoms with Crippen LogP contribution in [0.2, 0.25) is 0 Å². The second kappa shape index (κ2) is 5.90. The molecule has 0 aliphatic heterocycles. The molecule has 1 aromatic carbocycles. The molecule has 1 rings (SSSR count). The highest BCUT2D eigenvalue weighted by Crippen LogP contribution is 2.07. The Bertz CT molecular complexity index is 287. The monoisotopic (exact) mass is 214 g/mol. The van der Waals surface area contributed by atoms with Gasteiger partial charge in [-0.25, -0.2) is 0 Å². The minimum absolute atomic E-state index is 0.272. The maximum absolute atomic E-state index is 11.6. The Balaban J connectivity index is 2.44. The summed E-state index contributed by atoms with van der Waals surface area (Å²) in [5.41, 5.74) is 0. The molecule has 4 heteroatoms. The molecule has 0 spiro atoms. The number of rotatable bonds is 5. The van der Waals surface area contributed by atoms with Crippen LogP contribution in [0.5, 0.6) is 0 Å². The zero-order valence-electron chi connectivity index (χ0n) is 7.80. The predicted molar refractivity (Wildman–Crippen MR) is 55.4 cm³/mol. The molecule has 0 bridgehead atoms. The van der Waals surface area contributed by atoms with Crippen molar-refractivity contribution >= 4 is 10.8 Å². The van der Waals surface area contributed by atoms with E-state index in [1.54, 1.807) is 12.1 Å². The predicted octanol–water partition coefficient (Wildman–Crippen LogP) is 0.538. The molecule has 0 heterocycles. The molecule has 0 amide bonds. The van der Waals surface area contributed by atoms with Crippen LogP contribution in [-0.4, -0.2) is 32.9 Å². The van der Waals surface area contributed by atoms with Gasteiger partial charge in [0.05, 0.1) is 23.5 Å². The summed E-state index contributed by atoms with van der Waals surface area (Å²) in [6.45, 7) is -0.272. The van der Waals surface area contributed by atoms with E-state index >= 15 is 0 Å². The summed E-state index contributed by atoms with van der Waals surface area (Å²) in [6.07, 6.45) is -0.402. The SMILES string of the molecule is O=S(CCC(O)CO)c1ccccc1. The van der Waals surface area contributed by atoms with E-state index in [9.17, 15) is 4.21 Å². The maximum atomic E-state index is 11.6. The van der Waals surface area contributed by atoms with Crippen LogP contribution in [-0.2, 0) is 10.8 Å². The molecule has 0 saturated carbocycles. The summed E-state index contributed by atoms with van der Waals surface area (Å²) in [4.78, 5) is 0.762. The van der Waals surface area contributed by atoms with Gasteiger partial charge in [0.25, 0.3) is 0 Å². The number of aliphatic hydroxyl groups excluding tert-OH is 2. The Morgan fingerprint density at radius 2 is 1.93 bits per heavy atom. The minimum Gasteiger partial charge on any atom is -0.394 e. The number of hydrogen-bond donors (Lipinski definition) is 2. The van der Waals surface area contributed by atoms with E-state index < -0.39 is 16.9 Å². The Labute approximate surface area is 85.9 Å². The van der Waals surface area contributed by atoms with Crippen molar-refractivity contribution in [3.8, 4) is 0 Å². The van der Waals surface area contributed by atoms with Crippen LogP contribution >= 0.6 is 0 Å². The van der Waals surface area contributed by atoms with Crippen molar-refractivity contribution in [3.63, 3.8) is 0 Å². The average Bonchev–Trinajstić information content (AvgIpc) is 2.26. The van der Waals surface area contributed by atoms with Gasteiger partial charge in [-0.2, -0.15) is 0 Å². The van der Waals surface area contributed by atoms with Crippen LogP contribution in [0.4, 0.5) is 0 Å². The van der Waals surface area contributed by atoms with Crippen molar-refractivity contribution in [2.75, 3.05) is 12.4 Å². The van der Waals surface area contributed by atoms with Gasteiger partial charge in [0.1, 0.15) is 0 Å². The molecule has 0 aliphatic rings. The van der Waals surface area contributed by atoms with Gasteiger partial charge < -0.3 is 10.2 Å². The molecule has 0 radical (unpaired) electrons. The Morgan fingerprint density at radius 3 is 2.50 bits per heavy atom. The topological polar surface area (TPSA) is 57.5 Å². The van der Waals surface area contributed by atoms with Crippen LogP contribution in [0.3, 0.4) is 0 Å². The van der Waals surface area contributed by atoms with Gasteiger partial charge in [-0.3, -0.25) is 4.21 Å². The van der Waals surface area contributed by atoms with E-state index in [0.29, 0.717) is 12.2 Å². The van der Waals surface area contributed by atoms with E-state index in [2.05, 4.69) is 0 Å². The lowest BCUT2D eigenvalue weighted by Crippen LogP contribution is -2.15. The molecular formula is C10H14O3S. The molecule has 2 atom stereocenters. The molecule has 3 nitrogen and oxygen atoms in total. The van der Waals surface area contributed by atoms with Gasteiger partial charge in [0, 0.05) is 10.6 Å². The van der Waals surface area contributed by atoms with Crippen molar-refractivity contribution < 1.29 is 14.4 Å². The standard InChI is InChI=1S/C10H14O3S/c11-8-9(12)6-7-14(13)10-4-2-1-3-5-10/h1-5,9,11-12H,6-8H2. The van der Waals surface area contributed by atoms with Crippen molar-refractivity contribution in [2.24, 2.45) is 0 Å². The van der Waals surface area contributed by atoms with Crippen LogP contribution in [0.1, 0.15) is 6.42 Å². The molecule has 0 fully saturated rings.